The lowest BCUT2D eigenvalue weighted by molar-refractivity contribution is 0.0954. The van der Waals surface area contributed by atoms with Gasteiger partial charge in [-0.15, -0.1) is 11.3 Å². The number of hydrogen-bond donors (Lipinski definition) is 1. The van der Waals surface area contributed by atoms with Gasteiger partial charge >= 0.3 is 0 Å². The molecule has 0 spiro atoms. The molecule has 1 aliphatic rings. The van der Waals surface area contributed by atoms with Gasteiger partial charge < -0.3 is 19.7 Å². The number of para-hydroxylation sites is 1. The molecule has 1 aromatic carbocycles. The Morgan fingerprint density at radius 2 is 1.94 bits per heavy atom. The molecular weight excluding hydrogens is 438 g/mol. The molecule has 2 aromatic heterocycles. The fourth-order valence-electron chi connectivity index (χ4n) is 4.36. The van der Waals surface area contributed by atoms with E-state index in [-0.39, 0.29) is 5.91 Å². The van der Waals surface area contributed by atoms with Crippen molar-refractivity contribution >= 4 is 33.3 Å². The van der Waals surface area contributed by atoms with Crippen molar-refractivity contribution in [1.82, 2.24) is 20.2 Å². The highest BCUT2D eigenvalue weighted by Crippen LogP contribution is 2.35. The second-order valence-corrected chi connectivity index (χ2v) is 9.10. The molecule has 8 nitrogen and oxygen atoms in total. The third kappa shape index (κ3) is 4.74. The third-order valence-electron chi connectivity index (χ3n) is 6.05. The van der Waals surface area contributed by atoms with Crippen LogP contribution in [0.4, 0.5) is 5.82 Å². The highest BCUT2D eigenvalue weighted by molar-refractivity contribution is 7.20. The Kier molecular flexibility index (Phi) is 7.29. The first-order valence-electron chi connectivity index (χ1n) is 11.3. The second-order valence-electron chi connectivity index (χ2n) is 8.10. The minimum Gasteiger partial charge on any atom is -0.493 e. The average molecular weight is 470 g/mol. The summed E-state index contributed by atoms with van der Waals surface area (Å²) in [7, 11) is 3.20. The number of carbonyl (C=O) groups excluding carboxylic acids is 1. The van der Waals surface area contributed by atoms with Crippen molar-refractivity contribution < 1.29 is 14.3 Å². The lowest BCUT2D eigenvalue weighted by Crippen LogP contribution is -2.46. The average Bonchev–Trinajstić information content (AvgIpc) is 3.19. The van der Waals surface area contributed by atoms with Gasteiger partial charge in [-0.05, 0) is 31.5 Å². The lowest BCUT2D eigenvalue weighted by atomic mass is 10.1. The largest absolute Gasteiger partial charge is 0.493 e. The van der Waals surface area contributed by atoms with E-state index in [1.54, 1.807) is 20.5 Å². The molecule has 1 saturated heterocycles. The quantitative estimate of drug-likeness (QED) is 0.541. The van der Waals surface area contributed by atoms with E-state index in [2.05, 4.69) is 32.0 Å². The molecule has 3 aromatic rings. The van der Waals surface area contributed by atoms with E-state index in [4.69, 9.17) is 9.47 Å². The molecule has 1 fully saturated rings. The van der Waals surface area contributed by atoms with E-state index in [1.165, 1.54) is 17.8 Å². The topological polar surface area (TPSA) is 79.8 Å². The summed E-state index contributed by atoms with van der Waals surface area (Å²) >= 11 is 1.42. The fraction of sp³-hybridized carbons (Fsp3) is 0.458. The molecule has 0 atom stereocenters. The number of aromatic nitrogens is 2. The molecule has 3 heterocycles. The molecule has 0 unspecified atom stereocenters. The van der Waals surface area contributed by atoms with E-state index >= 15 is 0 Å². The molecule has 1 amide bonds. The third-order valence-corrected chi connectivity index (χ3v) is 7.25. The Balaban J connectivity index is 1.54. The van der Waals surface area contributed by atoms with Gasteiger partial charge in [0, 0.05) is 38.3 Å². The number of piperazine rings is 1. The number of benzene rings is 1. The molecule has 1 aliphatic heterocycles. The van der Waals surface area contributed by atoms with Crippen molar-refractivity contribution in [3.63, 3.8) is 0 Å². The van der Waals surface area contributed by atoms with Crippen LogP contribution >= 0.6 is 11.3 Å². The Morgan fingerprint density at radius 1 is 1.15 bits per heavy atom. The minimum absolute atomic E-state index is 0.126. The molecular formula is C24H31N5O3S. The molecule has 1 N–H and O–H groups in total. The van der Waals surface area contributed by atoms with E-state index in [0.29, 0.717) is 22.9 Å². The van der Waals surface area contributed by atoms with Crippen LogP contribution in [0.3, 0.4) is 0 Å². The first-order chi connectivity index (χ1) is 16.1. The summed E-state index contributed by atoms with van der Waals surface area (Å²) in [6.45, 7) is 9.58. The summed E-state index contributed by atoms with van der Waals surface area (Å²) in [6, 6.07) is 5.64. The van der Waals surface area contributed by atoms with Crippen LogP contribution in [0.2, 0.25) is 0 Å². The predicted molar refractivity (Wildman–Crippen MR) is 132 cm³/mol. The molecule has 0 radical (unpaired) electrons. The number of nitrogens with one attached hydrogen (secondary N) is 1. The summed E-state index contributed by atoms with van der Waals surface area (Å²) in [4.78, 5) is 28.5. The van der Waals surface area contributed by atoms with Crippen molar-refractivity contribution in [1.29, 1.82) is 0 Å². The van der Waals surface area contributed by atoms with Gasteiger partial charge in [-0.25, -0.2) is 9.97 Å². The molecule has 33 heavy (non-hydrogen) atoms. The Hall–Kier alpha value is -2.91. The molecule has 0 aliphatic carbocycles. The van der Waals surface area contributed by atoms with E-state index in [9.17, 15) is 4.79 Å². The van der Waals surface area contributed by atoms with Crippen molar-refractivity contribution in [2.75, 3.05) is 51.8 Å². The maximum absolute atomic E-state index is 13.1. The Bertz CT molecular complexity index is 1120. The summed E-state index contributed by atoms with van der Waals surface area (Å²) < 4.78 is 10.8. The minimum atomic E-state index is -0.126. The second kappa shape index (κ2) is 10.4. The zero-order valence-electron chi connectivity index (χ0n) is 19.7. The van der Waals surface area contributed by atoms with Gasteiger partial charge in [0.2, 0.25) is 0 Å². The van der Waals surface area contributed by atoms with Crippen molar-refractivity contribution in [3.8, 4) is 11.5 Å². The van der Waals surface area contributed by atoms with Crippen molar-refractivity contribution in [2.45, 2.75) is 26.8 Å². The van der Waals surface area contributed by atoms with Crippen LogP contribution in [0.25, 0.3) is 10.2 Å². The number of rotatable bonds is 8. The van der Waals surface area contributed by atoms with Crippen molar-refractivity contribution in [3.05, 3.63) is 40.5 Å². The first kappa shape index (κ1) is 23.3. The normalized spacial score (nSPS) is 14.5. The summed E-state index contributed by atoms with van der Waals surface area (Å²) in [5, 5.41) is 4.01. The van der Waals surface area contributed by atoms with Crippen LogP contribution in [0, 0.1) is 6.92 Å². The predicted octanol–water partition coefficient (Wildman–Crippen LogP) is 3.48. The SMILES string of the molecule is CCCN1CCN(c2ncnc3sc(C(=O)NCc4cccc(OC)c4OC)c(C)c23)CC1. The van der Waals surface area contributed by atoms with Gasteiger partial charge in [0.05, 0.1) is 24.5 Å². The van der Waals surface area contributed by atoms with Gasteiger partial charge in [-0.2, -0.15) is 0 Å². The number of anilines is 1. The first-order valence-corrected chi connectivity index (χ1v) is 12.1. The zero-order chi connectivity index (χ0) is 23.4. The van der Waals surface area contributed by atoms with Gasteiger partial charge in [0.25, 0.3) is 5.91 Å². The number of methoxy groups -OCH3 is 2. The van der Waals surface area contributed by atoms with E-state index in [1.807, 2.05) is 25.1 Å². The number of aryl methyl sites for hydroxylation is 1. The van der Waals surface area contributed by atoms with Gasteiger partial charge in [-0.1, -0.05) is 19.1 Å². The lowest BCUT2D eigenvalue weighted by Gasteiger charge is -2.35. The fourth-order valence-corrected chi connectivity index (χ4v) is 5.42. The van der Waals surface area contributed by atoms with Gasteiger partial charge in [-0.3, -0.25) is 9.69 Å². The van der Waals surface area contributed by atoms with Crippen LogP contribution in [0.5, 0.6) is 11.5 Å². The summed E-state index contributed by atoms with van der Waals surface area (Å²) in [6.07, 6.45) is 2.77. The number of thiophene rings is 1. The molecule has 9 heteroatoms. The number of fused-ring (bicyclic) bond motifs is 1. The maximum Gasteiger partial charge on any atom is 0.261 e. The van der Waals surface area contributed by atoms with Gasteiger partial charge in [0.1, 0.15) is 17.0 Å². The van der Waals surface area contributed by atoms with Crippen LogP contribution in [0.1, 0.15) is 34.1 Å². The Morgan fingerprint density at radius 3 is 2.64 bits per heavy atom. The van der Waals surface area contributed by atoms with E-state index < -0.39 is 0 Å². The number of nitrogens with zero attached hydrogens (tertiary/aromatic N) is 4. The summed E-state index contributed by atoms with van der Waals surface area (Å²) in [5.41, 5.74) is 1.78. The van der Waals surface area contributed by atoms with Crippen LogP contribution < -0.4 is 19.7 Å². The van der Waals surface area contributed by atoms with Gasteiger partial charge in [0.15, 0.2) is 11.5 Å². The van der Waals surface area contributed by atoms with Crippen LogP contribution in [-0.2, 0) is 6.54 Å². The maximum atomic E-state index is 13.1. The number of carbonyl (C=O) groups is 1. The highest BCUT2D eigenvalue weighted by Gasteiger charge is 2.24. The van der Waals surface area contributed by atoms with Crippen LogP contribution in [0.15, 0.2) is 24.5 Å². The van der Waals surface area contributed by atoms with E-state index in [0.717, 1.165) is 59.9 Å². The van der Waals surface area contributed by atoms with Crippen LogP contribution in [-0.4, -0.2) is 67.7 Å². The summed E-state index contributed by atoms with van der Waals surface area (Å²) in [5.74, 6) is 2.07. The number of hydrogen-bond acceptors (Lipinski definition) is 8. The number of amides is 1. The van der Waals surface area contributed by atoms with Crippen molar-refractivity contribution in [2.24, 2.45) is 0 Å². The Labute approximate surface area is 198 Å². The zero-order valence-corrected chi connectivity index (χ0v) is 20.5. The number of ether oxygens (including phenoxy) is 2. The standard InChI is InChI=1S/C24H31N5O3S/c1-5-9-28-10-12-29(13-11-28)22-19-16(2)21(33-24(19)27-15-26-22)23(30)25-14-17-7-6-8-18(31-3)20(17)32-4/h6-8,15H,5,9-14H2,1-4H3,(H,25,30). The molecule has 176 valence electrons. The molecule has 0 bridgehead atoms. The monoisotopic (exact) mass is 469 g/mol. The molecule has 4 rings (SSSR count). The highest BCUT2D eigenvalue weighted by atomic mass is 32.1. The molecule has 0 saturated carbocycles. The smallest absolute Gasteiger partial charge is 0.261 e.